The first-order chi connectivity index (χ1) is 12.9. The number of fused-ring (bicyclic) bond motifs is 2. The zero-order chi connectivity index (χ0) is 19.2. The van der Waals surface area contributed by atoms with Gasteiger partial charge < -0.3 is 4.74 Å². The van der Waals surface area contributed by atoms with Gasteiger partial charge >= 0.3 is 5.97 Å². The van der Waals surface area contributed by atoms with Crippen molar-refractivity contribution in [2.75, 3.05) is 13.2 Å². The van der Waals surface area contributed by atoms with Crippen LogP contribution >= 0.6 is 0 Å². The molecule has 0 unspecified atom stereocenters. The Labute approximate surface area is 153 Å². The molecule has 138 valence electrons. The number of carbonyl (C=O) groups excluding carboxylic acids is 2. The molecular formula is C16H13N5O5S. The molecule has 11 heteroatoms. The molecule has 0 bridgehead atoms. The molecule has 0 atom stereocenters. The average molecular weight is 387 g/mol. The van der Waals surface area contributed by atoms with Crippen molar-refractivity contribution in [1.29, 1.82) is 0 Å². The van der Waals surface area contributed by atoms with Crippen molar-refractivity contribution in [2.45, 2.75) is 11.8 Å². The van der Waals surface area contributed by atoms with Crippen LogP contribution in [0.3, 0.4) is 0 Å². The standard InChI is InChI=1S/C16H13N5O5S/c1-10-6-7-17-16-18-13(19-21(10)16)15(23)26-9-8-20-14(22)11-4-2-3-5-12(11)27(20,24)25/h2-7H,8-9H2,1H3. The Balaban J connectivity index is 1.46. The number of hydrogen-bond acceptors (Lipinski definition) is 8. The van der Waals surface area contributed by atoms with Crippen molar-refractivity contribution in [3.05, 3.63) is 53.6 Å². The highest BCUT2D eigenvalue weighted by Crippen LogP contribution is 2.29. The largest absolute Gasteiger partial charge is 0.458 e. The van der Waals surface area contributed by atoms with Crippen LogP contribution in [0.5, 0.6) is 0 Å². The third-order valence-electron chi connectivity index (χ3n) is 4.05. The van der Waals surface area contributed by atoms with E-state index in [1.54, 1.807) is 19.1 Å². The molecule has 0 aliphatic carbocycles. The van der Waals surface area contributed by atoms with Gasteiger partial charge in [0.25, 0.3) is 27.5 Å². The molecule has 10 nitrogen and oxygen atoms in total. The van der Waals surface area contributed by atoms with E-state index in [2.05, 4.69) is 15.1 Å². The molecule has 0 saturated heterocycles. The fraction of sp³-hybridized carbons (Fsp3) is 0.188. The molecule has 1 aliphatic heterocycles. The first kappa shape index (κ1) is 17.1. The normalized spacial score (nSPS) is 15.1. The van der Waals surface area contributed by atoms with Crippen LogP contribution in [0.1, 0.15) is 26.7 Å². The second kappa shape index (κ2) is 6.13. The number of ether oxygens (including phenoxy) is 1. The van der Waals surface area contributed by atoms with Gasteiger partial charge in [-0.05, 0) is 25.1 Å². The van der Waals surface area contributed by atoms with Crippen LogP contribution in [0.15, 0.2) is 41.4 Å². The fourth-order valence-electron chi connectivity index (χ4n) is 2.73. The van der Waals surface area contributed by atoms with Gasteiger partial charge in [-0.15, -0.1) is 5.10 Å². The highest BCUT2D eigenvalue weighted by molar-refractivity contribution is 7.90. The van der Waals surface area contributed by atoms with Crippen LogP contribution < -0.4 is 0 Å². The lowest BCUT2D eigenvalue weighted by atomic mass is 10.2. The number of aryl methyl sites for hydroxylation is 1. The lowest BCUT2D eigenvalue weighted by Gasteiger charge is -2.14. The van der Waals surface area contributed by atoms with Crippen LogP contribution in [0.4, 0.5) is 0 Å². The summed E-state index contributed by atoms with van der Waals surface area (Å²) in [7, 11) is -3.94. The minimum atomic E-state index is -3.94. The number of aromatic nitrogens is 4. The molecule has 1 aliphatic rings. The average Bonchev–Trinajstić information content (AvgIpc) is 3.17. The maximum Gasteiger partial charge on any atom is 0.378 e. The Morgan fingerprint density at radius 2 is 2.00 bits per heavy atom. The molecule has 3 heterocycles. The van der Waals surface area contributed by atoms with Crippen molar-refractivity contribution >= 4 is 27.7 Å². The quantitative estimate of drug-likeness (QED) is 0.591. The Morgan fingerprint density at radius 3 is 2.74 bits per heavy atom. The van der Waals surface area contributed by atoms with Gasteiger partial charge in [0, 0.05) is 11.9 Å². The third-order valence-corrected chi connectivity index (χ3v) is 5.89. The summed E-state index contributed by atoms with van der Waals surface area (Å²) in [6.07, 6.45) is 1.54. The molecule has 0 radical (unpaired) electrons. The maximum absolute atomic E-state index is 12.4. The maximum atomic E-state index is 12.4. The van der Waals surface area contributed by atoms with Gasteiger partial charge in [-0.1, -0.05) is 12.1 Å². The molecule has 0 N–H and O–H groups in total. The number of nitrogens with zero attached hydrogens (tertiary/aromatic N) is 5. The van der Waals surface area contributed by atoms with Crippen molar-refractivity contribution in [1.82, 2.24) is 23.9 Å². The first-order valence-corrected chi connectivity index (χ1v) is 9.35. The van der Waals surface area contributed by atoms with Crippen LogP contribution in [0.2, 0.25) is 0 Å². The van der Waals surface area contributed by atoms with Crippen molar-refractivity contribution < 1.29 is 22.7 Å². The van der Waals surface area contributed by atoms with Gasteiger partial charge in [-0.2, -0.15) is 4.98 Å². The first-order valence-electron chi connectivity index (χ1n) is 7.91. The SMILES string of the molecule is Cc1ccnc2nc(C(=O)OCCN3C(=O)c4ccccc4S3(=O)=O)nn12. The molecule has 4 rings (SSSR count). The van der Waals surface area contributed by atoms with E-state index < -0.39 is 21.9 Å². The lowest BCUT2D eigenvalue weighted by Crippen LogP contribution is -2.33. The summed E-state index contributed by atoms with van der Waals surface area (Å²) in [4.78, 5) is 32.3. The van der Waals surface area contributed by atoms with Gasteiger partial charge in [0.15, 0.2) is 0 Å². The lowest BCUT2D eigenvalue weighted by molar-refractivity contribution is 0.0464. The Bertz CT molecular complexity index is 1190. The summed E-state index contributed by atoms with van der Waals surface area (Å²) in [5.74, 6) is -1.43. The number of benzene rings is 1. The Morgan fingerprint density at radius 1 is 1.22 bits per heavy atom. The molecular weight excluding hydrogens is 374 g/mol. The van der Waals surface area contributed by atoms with Crippen LogP contribution in [-0.4, -0.2) is 57.3 Å². The van der Waals surface area contributed by atoms with E-state index in [4.69, 9.17) is 4.74 Å². The highest BCUT2D eigenvalue weighted by Gasteiger charge is 2.40. The summed E-state index contributed by atoms with van der Waals surface area (Å²) in [5, 5.41) is 4.01. The predicted octanol–water partition coefficient (Wildman–Crippen LogP) is 0.434. The molecule has 3 aromatic rings. The summed E-state index contributed by atoms with van der Waals surface area (Å²) < 4.78 is 32.0. The van der Waals surface area contributed by atoms with Crippen LogP contribution in [0, 0.1) is 6.92 Å². The molecule has 0 fully saturated rings. The summed E-state index contributed by atoms with van der Waals surface area (Å²) in [6.45, 7) is 1.16. The van der Waals surface area contributed by atoms with E-state index in [0.717, 1.165) is 5.69 Å². The number of rotatable bonds is 4. The van der Waals surface area contributed by atoms with E-state index in [-0.39, 0.29) is 35.2 Å². The van der Waals surface area contributed by atoms with E-state index in [1.165, 1.54) is 28.9 Å². The number of carbonyl (C=O) groups is 2. The van der Waals surface area contributed by atoms with E-state index in [0.29, 0.717) is 4.31 Å². The van der Waals surface area contributed by atoms with Crippen LogP contribution in [-0.2, 0) is 14.8 Å². The molecule has 2 aromatic heterocycles. The zero-order valence-corrected chi connectivity index (χ0v) is 14.9. The summed E-state index contributed by atoms with van der Waals surface area (Å²) >= 11 is 0. The smallest absolute Gasteiger partial charge is 0.378 e. The fourth-order valence-corrected chi connectivity index (χ4v) is 4.28. The molecule has 27 heavy (non-hydrogen) atoms. The number of sulfonamides is 1. The van der Waals surface area contributed by atoms with E-state index in [1.807, 2.05) is 0 Å². The predicted molar refractivity (Wildman–Crippen MR) is 90.5 cm³/mol. The van der Waals surface area contributed by atoms with Crippen molar-refractivity contribution in [3.8, 4) is 0 Å². The molecule has 1 aromatic carbocycles. The zero-order valence-electron chi connectivity index (χ0n) is 14.1. The number of esters is 1. The van der Waals surface area contributed by atoms with Crippen LogP contribution in [0.25, 0.3) is 5.78 Å². The second-order valence-electron chi connectivity index (χ2n) is 5.75. The minimum Gasteiger partial charge on any atom is -0.458 e. The second-order valence-corrected chi connectivity index (χ2v) is 7.58. The number of hydrogen-bond donors (Lipinski definition) is 0. The summed E-state index contributed by atoms with van der Waals surface area (Å²) in [6, 6.07) is 7.64. The van der Waals surface area contributed by atoms with Gasteiger partial charge in [-0.25, -0.2) is 27.0 Å². The third kappa shape index (κ3) is 2.72. The molecule has 0 spiro atoms. The Kier molecular flexibility index (Phi) is 3.88. The van der Waals surface area contributed by atoms with E-state index in [9.17, 15) is 18.0 Å². The van der Waals surface area contributed by atoms with E-state index >= 15 is 0 Å². The number of amides is 1. The van der Waals surface area contributed by atoms with Gasteiger partial charge in [0.2, 0.25) is 0 Å². The van der Waals surface area contributed by atoms with Gasteiger partial charge in [0.05, 0.1) is 12.1 Å². The molecule has 0 saturated carbocycles. The van der Waals surface area contributed by atoms with Crippen molar-refractivity contribution in [3.63, 3.8) is 0 Å². The van der Waals surface area contributed by atoms with Gasteiger partial charge in [0.1, 0.15) is 11.5 Å². The minimum absolute atomic E-state index is 0.0510. The molecule has 1 amide bonds. The Hall–Kier alpha value is -3.34. The topological polar surface area (TPSA) is 124 Å². The van der Waals surface area contributed by atoms with Gasteiger partial charge in [-0.3, -0.25) is 4.79 Å². The summed E-state index contributed by atoms with van der Waals surface area (Å²) in [5.41, 5.74) is 0.838. The monoisotopic (exact) mass is 387 g/mol. The van der Waals surface area contributed by atoms with Crippen molar-refractivity contribution in [2.24, 2.45) is 0 Å². The highest BCUT2D eigenvalue weighted by atomic mass is 32.2.